The summed E-state index contributed by atoms with van der Waals surface area (Å²) in [5.41, 5.74) is -0.434. The van der Waals surface area contributed by atoms with Crippen molar-refractivity contribution in [2.24, 2.45) is 0 Å². The molecule has 1 aromatic rings. The Hall–Kier alpha value is -0.410. The van der Waals surface area contributed by atoms with Crippen LogP contribution in [0, 0.1) is 0 Å². The molecule has 0 radical (unpaired) electrons. The average molecular weight is 198 g/mol. The summed E-state index contributed by atoms with van der Waals surface area (Å²) in [7, 11) is 0. The number of halogens is 4. The van der Waals surface area contributed by atoms with Crippen LogP contribution in [-0.4, -0.2) is 4.98 Å². The SMILES string of the molecule is FC(F)c1ncc(Cl)cc1Cl. The van der Waals surface area contributed by atoms with Crippen LogP contribution in [0.1, 0.15) is 12.1 Å². The van der Waals surface area contributed by atoms with Crippen LogP contribution in [0.4, 0.5) is 8.78 Å². The van der Waals surface area contributed by atoms with Crippen molar-refractivity contribution < 1.29 is 8.78 Å². The fourth-order valence-electron chi connectivity index (χ4n) is 0.586. The second-order valence-electron chi connectivity index (χ2n) is 1.82. The van der Waals surface area contributed by atoms with Crippen molar-refractivity contribution in [3.8, 4) is 0 Å². The third kappa shape index (κ3) is 2.01. The van der Waals surface area contributed by atoms with E-state index in [4.69, 9.17) is 23.2 Å². The third-order valence-electron chi connectivity index (χ3n) is 1.04. The Balaban J connectivity index is 3.09. The molecule has 0 N–H and O–H groups in total. The quantitative estimate of drug-likeness (QED) is 0.674. The Morgan fingerprint density at radius 1 is 1.36 bits per heavy atom. The van der Waals surface area contributed by atoms with Crippen molar-refractivity contribution in [3.63, 3.8) is 0 Å². The van der Waals surface area contributed by atoms with Gasteiger partial charge in [-0.3, -0.25) is 4.98 Å². The van der Waals surface area contributed by atoms with Gasteiger partial charge in [0.1, 0.15) is 5.69 Å². The first kappa shape index (κ1) is 8.68. The summed E-state index contributed by atoms with van der Waals surface area (Å²) in [6.07, 6.45) is -1.52. The van der Waals surface area contributed by atoms with Gasteiger partial charge in [-0.05, 0) is 6.07 Å². The molecule has 0 aromatic carbocycles. The molecule has 1 heterocycles. The zero-order chi connectivity index (χ0) is 8.43. The Bertz CT molecular complexity index is 265. The van der Waals surface area contributed by atoms with Crippen LogP contribution in [0.5, 0.6) is 0 Å². The lowest BCUT2D eigenvalue weighted by Gasteiger charge is -2.00. The van der Waals surface area contributed by atoms with E-state index in [0.717, 1.165) is 6.20 Å². The third-order valence-corrected chi connectivity index (χ3v) is 1.55. The average Bonchev–Trinajstić information content (AvgIpc) is 1.85. The molecule has 0 fully saturated rings. The maximum atomic E-state index is 12.0. The van der Waals surface area contributed by atoms with Crippen molar-refractivity contribution in [1.29, 1.82) is 0 Å². The van der Waals surface area contributed by atoms with Crippen molar-refractivity contribution in [3.05, 3.63) is 28.0 Å². The topological polar surface area (TPSA) is 12.9 Å². The first-order chi connectivity index (χ1) is 5.11. The molecular weight excluding hydrogens is 195 g/mol. The van der Waals surface area contributed by atoms with Crippen LogP contribution >= 0.6 is 23.2 Å². The van der Waals surface area contributed by atoms with Gasteiger partial charge in [-0.25, -0.2) is 8.78 Å². The highest BCUT2D eigenvalue weighted by molar-refractivity contribution is 6.34. The first-order valence-corrected chi connectivity index (χ1v) is 3.46. The zero-order valence-corrected chi connectivity index (χ0v) is 6.70. The lowest BCUT2D eigenvalue weighted by molar-refractivity contribution is 0.146. The van der Waals surface area contributed by atoms with Crippen LogP contribution in [-0.2, 0) is 0 Å². The molecule has 5 heteroatoms. The number of hydrogen-bond acceptors (Lipinski definition) is 1. The standard InChI is InChI=1S/C6H3Cl2F2N/c7-3-1-4(8)5(6(9)10)11-2-3/h1-2,6H. The van der Waals surface area contributed by atoms with Gasteiger partial charge in [0.15, 0.2) is 0 Å². The number of hydrogen-bond donors (Lipinski definition) is 0. The van der Waals surface area contributed by atoms with Crippen LogP contribution in [0.3, 0.4) is 0 Å². The van der Waals surface area contributed by atoms with E-state index in [-0.39, 0.29) is 10.0 Å². The number of rotatable bonds is 1. The van der Waals surface area contributed by atoms with Crippen molar-refractivity contribution in [1.82, 2.24) is 4.98 Å². The van der Waals surface area contributed by atoms with E-state index in [1.165, 1.54) is 6.07 Å². The zero-order valence-electron chi connectivity index (χ0n) is 5.19. The van der Waals surface area contributed by atoms with Gasteiger partial charge < -0.3 is 0 Å². The van der Waals surface area contributed by atoms with Crippen molar-refractivity contribution in [2.75, 3.05) is 0 Å². The summed E-state index contributed by atoms with van der Waals surface area (Å²) < 4.78 is 23.9. The highest BCUT2D eigenvalue weighted by atomic mass is 35.5. The summed E-state index contributed by atoms with van der Waals surface area (Å²) in [6, 6.07) is 1.23. The van der Waals surface area contributed by atoms with Gasteiger partial charge >= 0.3 is 0 Å². The summed E-state index contributed by atoms with van der Waals surface area (Å²) in [4.78, 5) is 3.36. The van der Waals surface area contributed by atoms with Gasteiger partial charge in [0.25, 0.3) is 6.43 Å². The van der Waals surface area contributed by atoms with Gasteiger partial charge in [-0.15, -0.1) is 0 Å². The second kappa shape index (κ2) is 3.32. The summed E-state index contributed by atoms with van der Waals surface area (Å²) >= 11 is 10.8. The van der Waals surface area contributed by atoms with Crippen LogP contribution < -0.4 is 0 Å². The van der Waals surface area contributed by atoms with Gasteiger partial charge in [-0.2, -0.15) is 0 Å². The first-order valence-electron chi connectivity index (χ1n) is 2.70. The van der Waals surface area contributed by atoms with E-state index in [1.807, 2.05) is 0 Å². The number of aromatic nitrogens is 1. The predicted molar refractivity (Wildman–Crippen MR) is 39.2 cm³/mol. The molecule has 1 aromatic heterocycles. The van der Waals surface area contributed by atoms with E-state index in [9.17, 15) is 8.78 Å². The van der Waals surface area contributed by atoms with Crippen molar-refractivity contribution in [2.45, 2.75) is 6.43 Å². The molecule has 0 aliphatic heterocycles. The summed E-state index contributed by atoms with van der Waals surface area (Å²) in [6.45, 7) is 0. The molecule has 0 spiro atoms. The van der Waals surface area contributed by atoms with E-state index >= 15 is 0 Å². The highest BCUT2D eigenvalue weighted by Gasteiger charge is 2.12. The molecule has 60 valence electrons. The molecule has 0 amide bonds. The normalized spacial score (nSPS) is 10.6. The summed E-state index contributed by atoms with van der Waals surface area (Å²) in [5, 5.41) is 0.145. The minimum Gasteiger partial charge on any atom is -0.252 e. The molecule has 0 aliphatic carbocycles. The van der Waals surface area contributed by atoms with Gasteiger partial charge in [0.05, 0.1) is 10.0 Å². The Morgan fingerprint density at radius 2 is 2.00 bits per heavy atom. The molecule has 0 unspecified atom stereocenters. The maximum absolute atomic E-state index is 12.0. The minimum atomic E-state index is -2.65. The molecular formula is C6H3Cl2F2N. The highest BCUT2D eigenvalue weighted by Crippen LogP contribution is 2.26. The van der Waals surface area contributed by atoms with Gasteiger partial charge in [0, 0.05) is 6.20 Å². The number of nitrogens with zero attached hydrogens (tertiary/aromatic N) is 1. The molecule has 0 bridgehead atoms. The van der Waals surface area contributed by atoms with E-state index < -0.39 is 12.1 Å². The van der Waals surface area contributed by atoms with E-state index in [0.29, 0.717) is 0 Å². The van der Waals surface area contributed by atoms with Crippen LogP contribution in [0.15, 0.2) is 12.3 Å². The van der Waals surface area contributed by atoms with Crippen LogP contribution in [0.2, 0.25) is 10.0 Å². The summed E-state index contributed by atoms with van der Waals surface area (Å²) in [5.74, 6) is 0. The molecule has 1 rings (SSSR count). The van der Waals surface area contributed by atoms with Gasteiger partial charge in [-0.1, -0.05) is 23.2 Å². The van der Waals surface area contributed by atoms with Gasteiger partial charge in [0.2, 0.25) is 0 Å². The minimum absolute atomic E-state index is 0.104. The monoisotopic (exact) mass is 197 g/mol. The van der Waals surface area contributed by atoms with E-state index in [2.05, 4.69) is 4.98 Å². The fourth-order valence-corrected chi connectivity index (χ4v) is 1.05. The Labute approximate surface area is 72.0 Å². The Kier molecular flexibility index (Phi) is 2.62. The molecule has 11 heavy (non-hydrogen) atoms. The lowest BCUT2D eigenvalue weighted by Crippen LogP contribution is -1.90. The number of alkyl halides is 2. The number of pyridine rings is 1. The van der Waals surface area contributed by atoms with E-state index in [1.54, 1.807) is 0 Å². The second-order valence-corrected chi connectivity index (χ2v) is 2.66. The molecule has 0 aliphatic rings. The maximum Gasteiger partial charge on any atom is 0.281 e. The molecule has 0 saturated carbocycles. The Morgan fingerprint density at radius 3 is 2.45 bits per heavy atom. The largest absolute Gasteiger partial charge is 0.281 e. The molecule has 0 saturated heterocycles. The molecule has 1 nitrogen and oxygen atoms in total. The molecule has 0 atom stereocenters. The predicted octanol–water partition coefficient (Wildman–Crippen LogP) is 3.33. The van der Waals surface area contributed by atoms with Crippen LogP contribution in [0.25, 0.3) is 0 Å². The lowest BCUT2D eigenvalue weighted by atomic mass is 10.3. The smallest absolute Gasteiger partial charge is 0.252 e. The van der Waals surface area contributed by atoms with Crippen molar-refractivity contribution >= 4 is 23.2 Å². The fraction of sp³-hybridized carbons (Fsp3) is 0.167.